The molecule has 190 valence electrons. The molecule has 0 saturated heterocycles. The highest BCUT2D eigenvalue weighted by atomic mass is 79.9. The summed E-state index contributed by atoms with van der Waals surface area (Å²) in [6, 6.07) is 9.99. The van der Waals surface area contributed by atoms with Crippen LogP contribution in [0.3, 0.4) is 0 Å². The standard InChI is InChI=1S/C24H26BrF3N2O4S/c25-18-10-11-22(21(14-18)34-24(26,27)28)35(32,33)30-13-12-16-6-4-5-9-19(16)20(30)15-29-23(31)17-7-2-1-3-8-17/h4-6,9-11,14,17,20H,1-3,7-8,12-13,15H2,(H,29,31). The lowest BCUT2D eigenvalue weighted by atomic mass is 9.88. The zero-order chi connectivity index (χ0) is 25.2. The van der Waals surface area contributed by atoms with E-state index < -0.39 is 33.1 Å². The molecule has 35 heavy (non-hydrogen) atoms. The summed E-state index contributed by atoms with van der Waals surface area (Å²) in [4.78, 5) is 12.2. The predicted molar refractivity (Wildman–Crippen MR) is 127 cm³/mol. The van der Waals surface area contributed by atoms with Crippen molar-refractivity contribution >= 4 is 31.9 Å². The van der Waals surface area contributed by atoms with Gasteiger partial charge in [0.25, 0.3) is 0 Å². The number of fused-ring (bicyclic) bond motifs is 1. The third-order valence-electron chi connectivity index (χ3n) is 6.53. The summed E-state index contributed by atoms with van der Waals surface area (Å²) in [6.07, 6.45) is -0.00616. The second-order valence-electron chi connectivity index (χ2n) is 8.80. The number of carbonyl (C=O) groups is 1. The third kappa shape index (κ3) is 6.00. The van der Waals surface area contributed by atoms with Crippen molar-refractivity contribution in [2.24, 2.45) is 5.92 Å². The van der Waals surface area contributed by atoms with E-state index in [2.05, 4.69) is 26.0 Å². The second-order valence-corrected chi connectivity index (χ2v) is 11.6. The summed E-state index contributed by atoms with van der Waals surface area (Å²) in [7, 11) is -4.41. The Bertz CT molecular complexity index is 1180. The Balaban J connectivity index is 1.67. The van der Waals surface area contributed by atoms with Crippen LogP contribution in [0, 0.1) is 5.92 Å². The van der Waals surface area contributed by atoms with E-state index in [0.29, 0.717) is 6.42 Å². The smallest absolute Gasteiger partial charge is 0.404 e. The molecule has 1 atom stereocenters. The Kier molecular flexibility index (Phi) is 7.77. The van der Waals surface area contributed by atoms with Crippen molar-refractivity contribution in [2.75, 3.05) is 13.1 Å². The van der Waals surface area contributed by atoms with Crippen LogP contribution in [0.4, 0.5) is 13.2 Å². The largest absolute Gasteiger partial charge is 0.573 e. The average molecular weight is 575 g/mol. The Labute approximate surface area is 211 Å². The topological polar surface area (TPSA) is 75.7 Å². The molecule has 1 unspecified atom stereocenters. The van der Waals surface area contributed by atoms with Gasteiger partial charge in [0.2, 0.25) is 15.9 Å². The van der Waals surface area contributed by atoms with Crippen LogP contribution in [-0.4, -0.2) is 38.1 Å². The van der Waals surface area contributed by atoms with Gasteiger partial charge in [-0.2, -0.15) is 4.31 Å². The van der Waals surface area contributed by atoms with Crippen LogP contribution in [0.5, 0.6) is 5.75 Å². The zero-order valence-corrected chi connectivity index (χ0v) is 21.3. The lowest BCUT2D eigenvalue weighted by Gasteiger charge is -2.37. The number of halogens is 4. The molecule has 1 saturated carbocycles. The molecule has 1 fully saturated rings. The molecule has 1 amide bonds. The van der Waals surface area contributed by atoms with Crippen molar-refractivity contribution in [3.05, 3.63) is 58.1 Å². The van der Waals surface area contributed by atoms with Gasteiger partial charge in [-0.15, -0.1) is 13.2 Å². The van der Waals surface area contributed by atoms with Gasteiger partial charge in [0.05, 0.1) is 6.04 Å². The van der Waals surface area contributed by atoms with E-state index in [1.165, 1.54) is 10.4 Å². The molecule has 0 spiro atoms. The first-order valence-electron chi connectivity index (χ1n) is 11.5. The first-order valence-corrected chi connectivity index (χ1v) is 13.7. The average Bonchev–Trinajstić information content (AvgIpc) is 2.81. The summed E-state index contributed by atoms with van der Waals surface area (Å²) in [5.41, 5.74) is 1.67. The number of hydrogen-bond donors (Lipinski definition) is 1. The molecule has 2 aliphatic rings. The molecule has 0 aromatic heterocycles. The molecule has 11 heteroatoms. The summed E-state index contributed by atoms with van der Waals surface area (Å²) in [5, 5.41) is 2.91. The fraction of sp³-hybridized carbons (Fsp3) is 0.458. The summed E-state index contributed by atoms with van der Waals surface area (Å²) < 4.78 is 72.1. The van der Waals surface area contributed by atoms with Crippen LogP contribution in [0.2, 0.25) is 0 Å². The molecular formula is C24H26BrF3N2O4S. The molecular weight excluding hydrogens is 549 g/mol. The highest BCUT2D eigenvalue weighted by Gasteiger charge is 2.40. The summed E-state index contributed by atoms with van der Waals surface area (Å²) >= 11 is 3.08. The van der Waals surface area contributed by atoms with Crippen LogP contribution in [0.1, 0.15) is 49.3 Å². The Morgan fingerprint density at radius 3 is 2.54 bits per heavy atom. The molecule has 2 aromatic carbocycles. The number of sulfonamides is 1. The fourth-order valence-electron chi connectivity index (χ4n) is 4.86. The van der Waals surface area contributed by atoms with Crippen molar-refractivity contribution in [3.63, 3.8) is 0 Å². The number of ether oxygens (including phenoxy) is 1. The predicted octanol–water partition coefficient (Wildman–Crippen LogP) is 5.33. The Hall–Kier alpha value is -2.11. The molecule has 0 radical (unpaired) electrons. The van der Waals surface area contributed by atoms with Crippen molar-refractivity contribution < 1.29 is 31.1 Å². The van der Waals surface area contributed by atoms with E-state index in [9.17, 15) is 26.4 Å². The first-order chi connectivity index (χ1) is 16.6. The number of rotatable bonds is 6. The van der Waals surface area contributed by atoms with Gasteiger partial charge in [-0.05, 0) is 48.6 Å². The van der Waals surface area contributed by atoms with E-state index in [0.717, 1.165) is 55.4 Å². The van der Waals surface area contributed by atoms with Crippen LogP contribution in [-0.2, 0) is 21.2 Å². The third-order valence-corrected chi connectivity index (χ3v) is 8.97. The van der Waals surface area contributed by atoms with Crippen molar-refractivity contribution in [3.8, 4) is 5.75 Å². The number of nitrogens with one attached hydrogen (secondary N) is 1. The maximum atomic E-state index is 13.7. The summed E-state index contributed by atoms with van der Waals surface area (Å²) in [5.74, 6) is -1.03. The number of alkyl halides is 3. The van der Waals surface area contributed by atoms with Gasteiger partial charge in [0.15, 0.2) is 5.75 Å². The lowest BCUT2D eigenvalue weighted by molar-refractivity contribution is -0.275. The SMILES string of the molecule is O=C(NCC1c2ccccc2CCN1S(=O)(=O)c1ccc(Br)cc1OC(F)(F)F)C1CCCCC1. The van der Waals surface area contributed by atoms with E-state index in [1.54, 1.807) is 12.1 Å². The highest BCUT2D eigenvalue weighted by Crippen LogP contribution is 2.39. The van der Waals surface area contributed by atoms with Gasteiger partial charge >= 0.3 is 6.36 Å². The van der Waals surface area contributed by atoms with Crippen molar-refractivity contribution in [1.29, 1.82) is 0 Å². The quantitative estimate of drug-likeness (QED) is 0.506. The summed E-state index contributed by atoms with van der Waals surface area (Å²) in [6.45, 7) is 0.0857. The molecule has 0 bridgehead atoms. The van der Waals surface area contributed by atoms with Gasteiger partial charge in [0, 0.05) is 23.5 Å². The van der Waals surface area contributed by atoms with Gasteiger partial charge in [-0.25, -0.2) is 8.42 Å². The van der Waals surface area contributed by atoms with Crippen LogP contribution < -0.4 is 10.1 Å². The highest BCUT2D eigenvalue weighted by molar-refractivity contribution is 9.10. The van der Waals surface area contributed by atoms with Crippen molar-refractivity contribution in [1.82, 2.24) is 9.62 Å². The van der Waals surface area contributed by atoms with Crippen LogP contribution >= 0.6 is 15.9 Å². The minimum Gasteiger partial charge on any atom is -0.404 e. The zero-order valence-electron chi connectivity index (χ0n) is 18.9. The van der Waals surface area contributed by atoms with Gasteiger partial charge in [-0.1, -0.05) is 59.5 Å². The first kappa shape index (κ1) is 26.0. The molecule has 4 rings (SSSR count). The van der Waals surface area contributed by atoms with Crippen LogP contribution in [0.25, 0.3) is 0 Å². The molecule has 1 N–H and O–H groups in total. The van der Waals surface area contributed by atoms with Gasteiger partial charge in [-0.3, -0.25) is 4.79 Å². The van der Waals surface area contributed by atoms with E-state index >= 15 is 0 Å². The fourth-order valence-corrected chi connectivity index (χ4v) is 6.90. The molecule has 1 heterocycles. The normalized spacial score (nSPS) is 19.7. The lowest BCUT2D eigenvalue weighted by Crippen LogP contribution is -2.46. The minimum atomic E-state index is -5.06. The minimum absolute atomic E-state index is 0.0254. The maximum absolute atomic E-state index is 13.7. The Morgan fingerprint density at radius 1 is 1.11 bits per heavy atom. The molecule has 2 aromatic rings. The van der Waals surface area contributed by atoms with E-state index in [4.69, 9.17) is 0 Å². The monoisotopic (exact) mass is 574 g/mol. The van der Waals surface area contributed by atoms with E-state index in [-0.39, 0.29) is 29.4 Å². The molecule has 6 nitrogen and oxygen atoms in total. The van der Waals surface area contributed by atoms with Crippen molar-refractivity contribution in [2.45, 2.75) is 55.8 Å². The number of benzene rings is 2. The number of amides is 1. The molecule has 1 aliphatic heterocycles. The van der Waals surface area contributed by atoms with Gasteiger partial charge < -0.3 is 10.1 Å². The second kappa shape index (κ2) is 10.5. The van der Waals surface area contributed by atoms with Gasteiger partial charge in [0.1, 0.15) is 4.90 Å². The number of hydrogen-bond acceptors (Lipinski definition) is 4. The maximum Gasteiger partial charge on any atom is 0.573 e. The Morgan fingerprint density at radius 2 is 1.83 bits per heavy atom. The molecule has 1 aliphatic carbocycles. The van der Waals surface area contributed by atoms with E-state index in [1.807, 2.05) is 12.1 Å². The number of carbonyl (C=O) groups excluding carboxylic acids is 1. The number of nitrogens with zero attached hydrogens (tertiary/aromatic N) is 1. The van der Waals surface area contributed by atoms with Crippen LogP contribution in [0.15, 0.2) is 51.8 Å².